The van der Waals surface area contributed by atoms with Crippen LogP contribution >= 0.6 is 22.6 Å². The van der Waals surface area contributed by atoms with E-state index < -0.39 is 17.1 Å². The number of rotatable bonds is 6. The van der Waals surface area contributed by atoms with Crippen LogP contribution in [0.4, 0.5) is 5.95 Å². The number of halogens is 1. The number of carbonyl (C=O) groups is 1. The Labute approximate surface area is 233 Å². The van der Waals surface area contributed by atoms with Crippen LogP contribution < -0.4 is 21.2 Å². The smallest absolute Gasteiger partial charge is 0.356 e. The van der Waals surface area contributed by atoms with Gasteiger partial charge in [0.1, 0.15) is 33.3 Å². The van der Waals surface area contributed by atoms with Gasteiger partial charge in [-0.3, -0.25) is 10.1 Å². The second-order valence-electron chi connectivity index (χ2n) is 10.9. The number of nitrogens with zero attached hydrogens (tertiary/aromatic N) is 2. The van der Waals surface area contributed by atoms with E-state index in [1.807, 2.05) is 38.1 Å². The molecule has 0 radical (unpaired) electrons. The second-order valence-corrected chi connectivity index (χ2v) is 12.1. The summed E-state index contributed by atoms with van der Waals surface area (Å²) in [5.41, 5.74) is 8.56. The Bertz CT molecular complexity index is 1700. The fraction of sp³-hybridized carbons (Fsp3) is 0.321. The number of amides is 1. The molecule has 1 aliphatic heterocycles. The zero-order valence-electron chi connectivity index (χ0n) is 22.0. The first-order valence-corrected chi connectivity index (χ1v) is 13.4. The fourth-order valence-electron chi connectivity index (χ4n) is 5.41. The van der Waals surface area contributed by atoms with Crippen LogP contribution in [0.25, 0.3) is 22.0 Å². The number of carbonyl (C=O) groups excluding carboxylic acids is 1. The van der Waals surface area contributed by atoms with Gasteiger partial charge in [0.25, 0.3) is 5.91 Å². The zero-order valence-corrected chi connectivity index (χ0v) is 24.2. The van der Waals surface area contributed by atoms with Gasteiger partial charge in [0.05, 0.1) is 13.1 Å². The highest BCUT2D eigenvalue weighted by Gasteiger charge is 2.49. The summed E-state index contributed by atoms with van der Waals surface area (Å²) >= 11 is 2.30. The lowest BCUT2D eigenvalue weighted by molar-refractivity contribution is -0.647. The van der Waals surface area contributed by atoms with E-state index in [0.29, 0.717) is 29.6 Å². The van der Waals surface area contributed by atoms with Crippen molar-refractivity contribution in [3.05, 3.63) is 78.7 Å². The topological polar surface area (TPSA) is 131 Å². The highest BCUT2D eigenvalue weighted by atomic mass is 127. The summed E-state index contributed by atoms with van der Waals surface area (Å²) in [6.07, 6.45) is 2.15. The molecule has 0 fully saturated rings. The number of hydrogen-bond donors (Lipinski definition) is 3. The molecule has 10 heteroatoms. The number of hydroxylamine groups is 2. The van der Waals surface area contributed by atoms with Crippen LogP contribution in [0.3, 0.4) is 0 Å². The largest absolute Gasteiger partial charge is 0.422 e. The minimum atomic E-state index is -0.806. The molecule has 1 amide bonds. The van der Waals surface area contributed by atoms with Gasteiger partial charge in [0, 0.05) is 15.0 Å². The van der Waals surface area contributed by atoms with E-state index in [0.717, 1.165) is 31.7 Å². The van der Waals surface area contributed by atoms with Crippen LogP contribution in [0.2, 0.25) is 0 Å². The summed E-state index contributed by atoms with van der Waals surface area (Å²) in [4.78, 5) is 27.9. The first-order chi connectivity index (χ1) is 17.8. The minimum Gasteiger partial charge on any atom is -0.422 e. The van der Waals surface area contributed by atoms with Crippen molar-refractivity contribution in [2.24, 2.45) is 5.73 Å². The van der Waals surface area contributed by atoms with E-state index >= 15 is 0 Å². The van der Waals surface area contributed by atoms with E-state index in [1.165, 1.54) is 0 Å². The third-order valence-electron chi connectivity index (χ3n) is 7.47. The van der Waals surface area contributed by atoms with Crippen molar-refractivity contribution in [1.29, 1.82) is 0 Å². The van der Waals surface area contributed by atoms with E-state index in [-0.39, 0.29) is 11.1 Å². The summed E-state index contributed by atoms with van der Waals surface area (Å²) in [6, 6.07) is 12.0. The molecule has 0 saturated heterocycles. The van der Waals surface area contributed by atoms with Crippen LogP contribution in [0, 0.1) is 10.5 Å². The Kier molecular flexibility index (Phi) is 6.40. The fourth-order valence-corrected chi connectivity index (χ4v) is 6.02. The van der Waals surface area contributed by atoms with Gasteiger partial charge in [-0.15, -0.1) is 0 Å². The van der Waals surface area contributed by atoms with Gasteiger partial charge >= 0.3 is 11.6 Å². The molecule has 5 rings (SSSR count). The molecule has 38 heavy (non-hydrogen) atoms. The second kappa shape index (κ2) is 9.21. The summed E-state index contributed by atoms with van der Waals surface area (Å²) < 4.78 is 8.79. The Morgan fingerprint density at radius 3 is 2.61 bits per heavy atom. The van der Waals surface area contributed by atoms with Crippen molar-refractivity contribution in [3.63, 3.8) is 0 Å². The Balaban J connectivity index is 1.64. The summed E-state index contributed by atoms with van der Waals surface area (Å²) in [6.45, 7) is 11.0. The van der Waals surface area contributed by atoms with E-state index in [1.54, 1.807) is 12.0 Å². The summed E-state index contributed by atoms with van der Waals surface area (Å²) in [5.74, 6) is -0.0260. The van der Waals surface area contributed by atoms with Crippen molar-refractivity contribution >= 4 is 56.4 Å². The number of fused-ring (bicyclic) bond motifs is 2. The van der Waals surface area contributed by atoms with Gasteiger partial charge in [0.2, 0.25) is 0 Å². The number of aromatic nitrogens is 2. The van der Waals surface area contributed by atoms with Gasteiger partial charge in [-0.1, -0.05) is 23.3 Å². The zero-order chi connectivity index (χ0) is 27.6. The number of H-pyrrole nitrogens is 1. The number of benzene rings is 2. The molecule has 0 atom stereocenters. The maximum Gasteiger partial charge on any atom is 0.356 e. The van der Waals surface area contributed by atoms with Crippen molar-refractivity contribution in [2.75, 3.05) is 11.9 Å². The van der Waals surface area contributed by atoms with Gasteiger partial charge < -0.3 is 15.4 Å². The molecule has 0 saturated carbocycles. The number of nitrogens with one attached hydrogen (secondary N) is 2. The average molecular weight is 629 g/mol. The van der Waals surface area contributed by atoms with Crippen LogP contribution in [-0.2, 0) is 6.54 Å². The van der Waals surface area contributed by atoms with Crippen molar-refractivity contribution < 1.29 is 19.0 Å². The molecule has 2 aromatic carbocycles. The molecule has 3 heterocycles. The molecule has 9 nitrogen and oxygen atoms in total. The maximum absolute atomic E-state index is 12.5. The Hall–Kier alpha value is -3.22. The molecule has 4 aromatic rings. The maximum atomic E-state index is 12.5. The predicted octanol–water partition coefficient (Wildman–Crippen LogP) is 3.47. The van der Waals surface area contributed by atoms with Gasteiger partial charge in [-0.05, 0) is 92.1 Å². The molecule has 198 valence electrons. The lowest BCUT2D eigenvalue weighted by Crippen LogP contribution is -2.48. The quantitative estimate of drug-likeness (QED) is 0.0989. The van der Waals surface area contributed by atoms with E-state index in [4.69, 9.17) is 15.4 Å². The number of anilines is 1. The van der Waals surface area contributed by atoms with Gasteiger partial charge in [-0.2, -0.15) is 0 Å². The highest BCUT2D eigenvalue weighted by Crippen LogP contribution is 2.38. The van der Waals surface area contributed by atoms with E-state index in [9.17, 15) is 9.59 Å². The molecular formula is C28H32IN5O4+2. The standard InChI is InChI=1S/C28H30IN5O4/c1-15-19-10-20-21(11-22(19)38-25(36)23(15)24(30)35)33(14-16-7-6-8-18(29)9-16)26(32-20)31-13-17-12-27(2,3)34(37)28(17,4)5/h6-12,37H,13-14H2,1-5H3,(H3,30,31,32,35)/p+2. The summed E-state index contributed by atoms with van der Waals surface area (Å²) in [7, 11) is 0. The van der Waals surface area contributed by atoms with Gasteiger partial charge in [-0.25, -0.2) is 14.3 Å². The number of hydrogen-bond acceptors (Lipinski definition) is 5. The van der Waals surface area contributed by atoms with Crippen LogP contribution in [0.1, 0.15) is 49.2 Å². The lowest BCUT2D eigenvalue weighted by atomic mass is 9.96. The van der Waals surface area contributed by atoms with E-state index in [2.05, 4.69) is 69.5 Å². The minimum absolute atomic E-state index is 0.133. The summed E-state index contributed by atoms with van der Waals surface area (Å²) in [5, 5.41) is 14.4. The third-order valence-corrected chi connectivity index (χ3v) is 8.14. The first-order valence-electron chi connectivity index (χ1n) is 12.3. The molecule has 2 aromatic heterocycles. The molecule has 0 spiro atoms. The van der Waals surface area contributed by atoms with Crippen LogP contribution in [0.15, 0.2) is 57.3 Å². The normalized spacial score (nSPS) is 16.8. The third kappa shape index (κ3) is 4.40. The number of nitrogens with two attached hydrogens (primary N) is 1. The number of aryl methyl sites for hydroxylation is 1. The van der Waals surface area contributed by atoms with Gasteiger partial charge in [0.15, 0.2) is 0 Å². The van der Waals surface area contributed by atoms with Crippen molar-refractivity contribution in [1.82, 2.24) is 10.0 Å². The Morgan fingerprint density at radius 1 is 1.24 bits per heavy atom. The highest BCUT2D eigenvalue weighted by molar-refractivity contribution is 14.1. The predicted molar refractivity (Wildman–Crippen MR) is 156 cm³/mol. The van der Waals surface area contributed by atoms with Crippen molar-refractivity contribution in [3.8, 4) is 0 Å². The van der Waals surface area contributed by atoms with Crippen LogP contribution in [0.5, 0.6) is 0 Å². The average Bonchev–Trinajstić information content (AvgIpc) is 3.23. The molecular weight excluding hydrogens is 597 g/mol. The first kappa shape index (κ1) is 26.4. The molecule has 0 unspecified atom stereocenters. The Morgan fingerprint density at radius 2 is 1.97 bits per heavy atom. The SMILES string of the molecule is Cc1c(C(N)=O)c(=O)oc2cc3c(cc12)[nH]c(NCC1=CC(C)(C)N([OH2+])C1(C)C)[n+]3Cc1cccc(I)c1. The number of imidazole rings is 1. The van der Waals surface area contributed by atoms with Crippen molar-refractivity contribution in [2.45, 2.75) is 52.2 Å². The number of aromatic amines is 1. The monoisotopic (exact) mass is 629 g/mol. The molecule has 0 bridgehead atoms. The van der Waals surface area contributed by atoms with Crippen LogP contribution in [-0.4, -0.2) is 38.8 Å². The molecule has 6 N–H and O–H groups in total. The molecule has 0 aliphatic carbocycles. The molecule has 1 aliphatic rings. The number of primary amides is 1. The lowest BCUT2D eigenvalue weighted by Gasteiger charge is -2.31.